The molecule has 1 saturated heterocycles. The van der Waals surface area contributed by atoms with Gasteiger partial charge >= 0.3 is 6.09 Å². The van der Waals surface area contributed by atoms with Crippen LogP contribution in [0.4, 0.5) is 10.5 Å². The highest BCUT2D eigenvalue weighted by molar-refractivity contribution is 9.10. The van der Waals surface area contributed by atoms with Crippen LogP contribution in [0.5, 0.6) is 0 Å². The number of carbonyl (C=O) groups is 2. The molecule has 0 spiro atoms. The van der Waals surface area contributed by atoms with Crippen LogP contribution in [0.15, 0.2) is 10.7 Å². The van der Waals surface area contributed by atoms with E-state index in [-0.39, 0.29) is 5.15 Å². The summed E-state index contributed by atoms with van der Waals surface area (Å²) >= 11 is 9.37. The van der Waals surface area contributed by atoms with Crippen LogP contribution >= 0.6 is 27.5 Å². The number of nitrogens with zero attached hydrogens (tertiary/aromatic N) is 2. The van der Waals surface area contributed by atoms with Gasteiger partial charge in [0.2, 0.25) is 0 Å². The van der Waals surface area contributed by atoms with Gasteiger partial charge in [-0.3, -0.25) is 4.79 Å². The van der Waals surface area contributed by atoms with Crippen LogP contribution in [-0.4, -0.2) is 43.1 Å². The van der Waals surface area contributed by atoms with Crippen LogP contribution in [0.25, 0.3) is 0 Å². The van der Waals surface area contributed by atoms with Gasteiger partial charge < -0.3 is 15.0 Å². The van der Waals surface area contributed by atoms with E-state index in [1.165, 1.54) is 13.2 Å². The van der Waals surface area contributed by atoms with Crippen LogP contribution in [0.2, 0.25) is 5.15 Å². The lowest BCUT2D eigenvalue weighted by Gasteiger charge is -2.26. The van der Waals surface area contributed by atoms with Crippen molar-refractivity contribution < 1.29 is 14.3 Å². The van der Waals surface area contributed by atoms with Crippen molar-refractivity contribution in [3.8, 4) is 0 Å². The monoisotopic (exact) mass is 375 g/mol. The van der Waals surface area contributed by atoms with E-state index < -0.39 is 11.7 Å². The van der Waals surface area contributed by atoms with Crippen LogP contribution in [0, 0.1) is 0 Å². The molecule has 114 valence electrons. The first-order chi connectivity index (χ1) is 9.90. The molecule has 0 radical (unpaired) electrons. The van der Waals surface area contributed by atoms with E-state index in [4.69, 9.17) is 16.3 Å². The van der Waals surface area contributed by atoms with Gasteiger partial charge in [-0.05, 0) is 22.9 Å². The molecule has 1 atom stereocenters. The number of pyridine rings is 1. The summed E-state index contributed by atoms with van der Waals surface area (Å²) in [5.74, 6) is 0. The Balaban J connectivity index is 2.28. The highest BCUT2D eigenvalue weighted by atomic mass is 79.9. The molecule has 1 aromatic heterocycles. The summed E-state index contributed by atoms with van der Waals surface area (Å²) in [5, 5.41) is 2.73. The molecular weight excluding hydrogens is 362 g/mol. The van der Waals surface area contributed by atoms with Crippen molar-refractivity contribution in [1.29, 1.82) is 0 Å². The summed E-state index contributed by atoms with van der Waals surface area (Å²) in [7, 11) is 1.52. The largest absolute Gasteiger partial charge is 0.441 e. The summed E-state index contributed by atoms with van der Waals surface area (Å²) < 4.78 is 5.97. The Kier molecular flexibility index (Phi) is 4.73. The molecule has 21 heavy (non-hydrogen) atoms. The second-order valence-electron chi connectivity index (χ2n) is 5.05. The van der Waals surface area contributed by atoms with E-state index in [1.54, 1.807) is 0 Å². The predicted octanol–water partition coefficient (Wildman–Crippen LogP) is 2.63. The maximum atomic E-state index is 11.4. The third-order valence-electron chi connectivity index (χ3n) is 3.40. The number of hydrogen-bond acceptors (Lipinski definition) is 5. The summed E-state index contributed by atoms with van der Waals surface area (Å²) in [5.41, 5.74) is 0.500. The zero-order valence-electron chi connectivity index (χ0n) is 11.7. The number of aromatic nitrogens is 1. The minimum Gasteiger partial charge on any atom is -0.441 e. The van der Waals surface area contributed by atoms with Gasteiger partial charge in [-0.2, -0.15) is 0 Å². The molecule has 1 amide bonds. The van der Waals surface area contributed by atoms with Gasteiger partial charge in [-0.1, -0.05) is 11.6 Å². The third kappa shape index (κ3) is 3.29. The standard InChI is InChI=1S/C13H15BrClN3O3/c1-13(21-12(20)16-2)3-4-18(7-13)10-8(6-19)5-17-11(15)9(10)14/h5-6H,3-4,7H2,1-2H3,(H,16,20)/t13-/m0/s1. The van der Waals surface area contributed by atoms with Gasteiger partial charge in [0.15, 0.2) is 6.29 Å². The minimum atomic E-state index is -0.616. The minimum absolute atomic E-state index is 0.288. The fourth-order valence-electron chi connectivity index (χ4n) is 2.36. The predicted molar refractivity (Wildman–Crippen MR) is 83.1 cm³/mol. The zero-order chi connectivity index (χ0) is 15.6. The van der Waals surface area contributed by atoms with Crippen LogP contribution in [-0.2, 0) is 4.74 Å². The number of hydrogen-bond donors (Lipinski definition) is 1. The van der Waals surface area contributed by atoms with Crippen molar-refractivity contribution in [2.24, 2.45) is 0 Å². The molecular formula is C13H15BrClN3O3. The molecule has 8 heteroatoms. The summed E-state index contributed by atoms with van der Waals surface area (Å²) in [6, 6.07) is 0. The number of anilines is 1. The van der Waals surface area contributed by atoms with Crippen LogP contribution < -0.4 is 10.2 Å². The van der Waals surface area contributed by atoms with E-state index in [0.29, 0.717) is 35.2 Å². The number of carbonyl (C=O) groups excluding carboxylic acids is 2. The number of ether oxygens (including phenoxy) is 1. The Morgan fingerprint density at radius 2 is 2.38 bits per heavy atom. The van der Waals surface area contributed by atoms with Crippen molar-refractivity contribution in [3.05, 3.63) is 21.4 Å². The molecule has 1 fully saturated rings. The smallest absolute Gasteiger partial charge is 0.407 e. The van der Waals surface area contributed by atoms with E-state index in [1.807, 2.05) is 11.8 Å². The number of halogens is 2. The average Bonchev–Trinajstić information content (AvgIpc) is 2.83. The molecule has 1 N–H and O–H groups in total. The van der Waals surface area contributed by atoms with Crippen molar-refractivity contribution >= 4 is 45.6 Å². The third-order valence-corrected chi connectivity index (χ3v) is 4.67. The second kappa shape index (κ2) is 6.19. The highest BCUT2D eigenvalue weighted by Gasteiger charge is 2.38. The lowest BCUT2D eigenvalue weighted by atomic mass is 10.1. The molecule has 0 unspecified atom stereocenters. The van der Waals surface area contributed by atoms with E-state index >= 15 is 0 Å². The Morgan fingerprint density at radius 3 is 3.00 bits per heavy atom. The van der Waals surface area contributed by atoms with E-state index in [2.05, 4.69) is 26.2 Å². The Labute approximate surface area is 135 Å². The van der Waals surface area contributed by atoms with Crippen molar-refractivity contribution in [2.45, 2.75) is 18.9 Å². The van der Waals surface area contributed by atoms with Gasteiger partial charge in [-0.25, -0.2) is 9.78 Å². The molecule has 0 bridgehead atoms. The Morgan fingerprint density at radius 1 is 1.67 bits per heavy atom. The van der Waals surface area contributed by atoms with Crippen molar-refractivity contribution in [3.63, 3.8) is 0 Å². The molecule has 2 rings (SSSR count). The fourth-order valence-corrected chi connectivity index (χ4v) is 3.08. The molecule has 1 aliphatic rings. The summed E-state index contributed by atoms with van der Waals surface area (Å²) in [4.78, 5) is 28.5. The van der Waals surface area contributed by atoms with Gasteiger partial charge in [0, 0.05) is 26.2 Å². The van der Waals surface area contributed by atoms with Gasteiger partial charge in [-0.15, -0.1) is 0 Å². The molecule has 0 aromatic carbocycles. The molecule has 1 aliphatic heterocycles. The van der Waals surface area contributed by atoms with Crippen molar-refractivity contribution in [2.75, 3.05) is 25.0 Å². The van der Waals surface area contributed by atoms with Crippen LogP contribution in [0.1, 0.15) is 23.7 Å². The number of nitrogens with one attached hydrogen (secondary N) is 1. The van der Waals surface area contributed by atoms with Crippen molar-refractivity contribution in [1.82, 2.24) is 10.3 Å². The maximum Gasteiger partial charge on any atom is 0.407 e. The number of rotatable bonds is 3. The average molecular weight is 377 g/mol. The van der Waals surface area contributed by atoms with Gasteiger partial charge in [0.25, 0.3) is 0 Å². The molecule has 0 aliphatic carbocycles. The highest BCUT2D eigenvalue weighted by Crippen LogP contribution is 2.38. The molecule has 0 saturated carbocycles. The first-order valence-electron chi connectivity index (χ1n) is 6.35. The number of alkyl carbamates (subject to hydrolysis) is 1. The zero-order valence-corrected chi connectivity index (χ0v) is 14.0. The topological polar surface area (TPSA) is 71.5 Å². The molecule has 6 nitrogen and oxygen atoms in total. The first-order valence-corrected chi connectivity index (χ1v) is 7.52. The quantitative estimate of drug-likeness (QED) is 0.648. The molecule has 1 aromatic rings. The number of amides is 1. The maximum absolute atomic E-state index is 11.4. The summed E-state index contributed by atoms with van der Waals surface area (Å²) in [6.07, 6.45) is 2.36. The Bertz CT molecular complexity index is 584. The number of aldehydes is 1. The van der Waals surface area contributed by atoms with Crippen LogP contribution in [0.3, 0.4) is 0 Å². The van der Waals surface area contributed by atoms with Gasteiger partial charge in [0.05, 0.1) is 22.3 Å². The second-order valence-corrected chi connectivity index (χ2v) is 6.20. The lowest BCUT2D eigenvalue weighted by Crippen LogP contribution is -2.38. The Hall–Kier alpha value is -1.34. The van der Waals surface area contributed by atoms with Gasteiger partial charge in [0.1, 0.15) is 10.8 Å². The SMILES string of the molecule is CNC(=O)O[C@@]1(C)CCN(c2c(C=O)cnc(Cl)c2Br)C1. The lowest BCUT2D eigenvalue weighted by molar-refractivity contribution is 0.0426. The first kappa shape index (κ1) is 16.0. The fraction of sp³-hybridized carbons (Fsp3) is 0.462. The molecule has 2 heterocycles. The summed E-state index contributed by atoms with van der Waals surface area (Å²) in [6.45, 7) is 2.98. The van der Waals surface area contributed by atoms with E-state index in [9.17, 15) is 9.59 Å². The van der Waals surface area contributed by atoms with E-state index in [0.717, 1.165) is 6.29 Å². The normalized spacial score (nSPS) is 21.2.